The third kappa shape index (κ3) is 3.74. The molecule has 0 fully saturated rings. The number of nitrogens with one attached hydrogen (secondary N) is 1. The quantitative estimate of drug-likeness (QED) is 0.837. The number of aryl methyl sites for hydroxylation is 1. The lowest BCUT2D eigenvalue weighted by atomic mass is 10.3. The highest BCUT2D eigenvalue weighted by atomic mass is 32.2. The van der Waals surface area contributed by atoms with E-state index in [9.17, 15) is 0 Å². The first kappa shape index (κ1) is 14.0. The summed E-state index contributed by atoms with van der Waals surface area (Å²) in [7, 11) is 1.93. The molecule has 0 radical (unpaired) electrons. The second-order valence-corrected chi connectivity index (χ2v) is 5.53. The molecule has 0 unspecified atom stereocenters. The maximum absolute atomic E-state index is 4.33. The summed E-state index contributed by atoms with van der Waals surface area (Å²) in [6.45, 7) is 6.92. The van der Waals surface area contributed by atoms with Gasteiger partial charge in [-0.2, -0.15) is 0 Å². The van der Waals surface area contributed by atoms with E-state index in [1.165, 1.54) is 11.8 Å². The fourth-order valence-electron chi connectivity index (χ4n) is 1.37. The number of hydrogen-bond acceptors (Lipinski definition) is 6. The second-order valence-electron chi connectivity index (χ2n) is 4.60. The van der Waals surface area contributed by atoms with Gasteiger partial charge in [0.15, 0.2) is 10.3 Å². The smallest absolute Gasteiger partial charge is 0.198 e. The number of hydrogen-bond donors (Lipinski definition) is 1. The first-order valence-corrected chi connectivity index (χ1v) is 6.96. The topological polar surface area (TPSA) is 68.5 Å². The molecule has 0 saturated heterocycles. The average Bonchev–Trinajstić information content (AvgIpc) is 2.70. The van der Waals surface area contributed by atoms with Gasteiger partial charge in [-0.05, 0) is 18.7 Å². The Balaban J connectivity index is 2.00. The summed E-state index contributed by atoms with van der Waals surface area (Å²) in [4.78, 5) is 8.67. The Bertz CT molecular complexity index is 534. The SMILES string of the molecule is Cc1nnc(Sc2ncc(CNC(C)C)cn2)n1C. The zero-order valence-corrected chi connectivity index (χ0v) is 12.4. The van der Waals surface area contributed by atoms with E-state index in [0.717, 1.165) is 23.1 Å². The van der Waals surface area contributed by atoms with Gasteiger partial charge in [0.1, 0.15) is 5.82 Å². The summed E-state index contributed by atoms with van der Waals surface area (Å²) in [6, 6.07) is 0.454. The summed E-state index contributed by atoms with van der Waals surface area (Å²) in [6.07, 6.45) is 3.68. The van der Waals surface area contributed by atoms with Crippen LogP contribution in [0.5, 0.6) is 0 Å². The number of aromatic nitrogens is 5. The minimum Gasteiger partial charge on any atom is -0.310 e. The summed E-state index contributed by atoms with van der Waals surface area (Å²) < 4.78 is 1.92. The van der Waals surface area contributed by atoms with Gasteiger partial charge in [0.25, 0.3) is 0 Å². The summed E-state index contributed by atoms with van der Waals surface area (Å²) >= 11 is 1.41. The van der Waals surface area contributed by atoms with Crippen LogP contribution in [0.25, 0.3) is 0 Å². The zero-order valence-electron chi connectivity index (χ0n) is 11.6. The van der Waals surface area contributed by atoms with E-state index in [-0.39, 0.29) is 0 Å². The van der Waals surface area contributed by atoms with Crippen molar-refractivity contribution in [2.75, 3.05) is 0 Å². The highest BCUT2D eigenvalue weighted by molar-refractivity contribution is 7.99. The molecule has 2 rings (SSSR count). The van der Waals surface area contributed by atoms with Crippen molar-refractivity contribution in [1.82, 2.24) is 30.0 Å². The minimum absolute atomic E-state index is 0.454. The van der Waals surface area contributed by atoms with Crippen molar-refractivity contribution in [1.29, 1.82) is 0 Å². The Hall–Kier alpha value is -1.47. The van der Waals surface area contributed by atoms with E-state index < -0.39 is 0 Å². The number of rotatable bonds is 5. The van der Waals surface area contributed by atoms with E-state index in [2.05, 4.69) is 39.3 Å². The van der Waals surface area contributed by atoms with E-state index in [1.54, 1.807) is 0 Å². The first-order chi connectivity index (χ1) is 9.06. The largest absolute Gasteiger partial charge is 0.310 e. The van der Waals surface area contributed by atoms with Crippen molar-refractivity contribution in [3.8, 4) is 0 Å². The molecule has 0 aliphatic heterocycles. The van der Waals surface area contributed by atoms with Crippen LogP contribution in [0.3, 0.4) is 0 Å². The van der Waals surface area contributed by atoms with Crippen LogP contribution >= 0.6 is 11.8 Å². The highest BCUT2D eigenvalue weighted by Crippen LogP contribution is 2.21. The van der Waals surface area contributed by atoms with Gasteiger partial charge in [-0.15, -0.1) is 10.2 Å². The zero-order chi connectivity index (χ0) is 13.8. The third-order valence-electron chi connectivity index (χ3n) is 2.63. The normalized spacial score (nSPS) is 11.2. The van der Waals surface area contributed by atoms with Crippen LogP contribution < -0.4 is 5.32 Å². The lowest BCUT2D eigenvalue weighted by molar-refractivity contribution is 0.585. The van der Waals surface area contributed by atoms with Crippen molar-refractivity contribution >= 4 is 11.8 Å². The molecule has 0 aliphatic rings. The van der Waals surface area contributed by atoms with Crippen molar-refractivity contribution in [2.45, 2.75) is 43.7 Å². The first-order valence-electron chi connectivity index (χ1n) is 6.14. The maximum Gasteiger partial charge on any atom is 0.198 e. The molecule has 0 aliphatic carbocycles. The Morgan fingerprint density at radius 2 is 1.95 bits per heavy atom. The lowest BCUT2D eigenvalue weighted by Crippen LogP contribution is -2.21. The molecular weight excluding hydrogens is 260 g/mol. The van der Waals surface area contributed by atoms with Gasteiger partial charge in [-0.3, -0.25) is 0 Å². The molecule has 1 N–H and O–H groups in total. The monoisotopic (exact) mass is 278 g/mol. The van der Waals surface area contributed by atoms with E-state index in [0.29, 0.717) is 11.2 Å². The Morgan fingerprint density at radius 3 is 2.47 bits per heavy atom. The van der Waals surface area contributed by atoms with Crippen molar-refractivity contribution in [3.63, 3.8) is 0 Å². The van der Waals surface area contributed by atoms with Crippen molar-refractivity contribution in [3.05, 3.63) is 23.8 Å². The molecule has 0 spiro atoms. The predicted molar refractivity (Wildman–Crippen MR) is 73.9 cm³/mol. The molecule has 0 amide bonds. The maximum atomic E-state index is 4.33. The molecule has 2 heterocycles. The van der Waals surface area contributed by atoms with Gasteiger partial charge in [-0.1, -0.05) is 13.8 Å². The molecule has 0 bridgehead atoms. The van der Waals surface area contributed by atoms with Gasteiger partial charge in [0.2, 0.25) is 0 Å². The van der Waals surface area contributed by atoms with E-state index in [4.69, 9.17) is 0 Å². The lowest BCUT2D eigenvalue weighted by Gasteiger charge is -2.07. The molecule has 2 aromatic heterocycles. The molecule has 0 atom stereocenters. The standard InChI is InChI=1S/C12H18N6S/c1-8(2)13-5-10-6-14-11(15-7-10)19-12-17-16-9(3)18(12)4/h6-8,13H,5H2,1-4H3. The van der Waals surface area contributed by atoms with E-state index in [1.807, 2.05) is 30.9 Å². The fraction of sp³-hybridized carbons (Fsp3) is 0.500. The molecule has 0 aromatic carbocycles. The van der Waals surface area contributed by atoms with Crippen LogP contribution in [0.15, 0.2) is 22.7 Å². The van der Waals surface area contributed by atoms with Crippen molar-refractivity contribution < 1.29 is 0 Å². The summed E-state index contributed by atoms with van der Waals surface area (Å²) in [5, 5.41) is 12.9. The van der Waals surface area contributed by atoms with Crippen LogP contribution in [0.2, 0.25) is 0 Å². The summed E-state index contributed by atoms with van der Waals surface area (Å²) in [5.74, 6) is 0.875. The van der Waals surface area contributed by atoms with Gasteiger partial charge in [0, 0.05) is 37.6 Å². The molecule has 102 valence electrons. The van der Waals surface area contributed by atoms with Crippen LogP contribution in [-0.4, -0.2) is 30.8 Å². The van der Waals surface area contributed by atoms with Crippen LogP contribution in [0.1, 0.15) is 25.2 Å². The average molecular weight is 278 g/mol. The molecule has 7 heteroatoms. The van der Waals surface area contributed by atoms with Crippen molar-refractivity contribution in [2.24, 2.45) is 7.05 Å². The van der Waals surface area contributed by atoms with E-state index >= 15 is 0 Å². The molecule has 19 heavy (non-hydrogen) atoms. The third-order valence-corrected chi connectivity index (χ3v) is 3.56. The minimum atomic E-state index is 0.454. The molecular formula is C12H18N6S. The Labute approximate surface area is 117 Å². The Morgan fingerprint density at radius 1 is 1.26 bits per heavy atom. The predicted octanol–water partition coefficient (Wildman–Crippen LogP) is 1.56. The fourth-order valence-corrected chi connectivity index (χ4v) is 2.09. The highest BCUT2D eigenvalue weighted by Gasteiger charge is 2.08. The van der Waals surface area contributed by atoms with Gasteiger partial charge in [0.05, 0.1) is 0 Å². The Kier molecular flexibility index (Phi) is 4.49. The van der Waals surface area contributed by atoms with Crippen LogP contribution in [-0.2, 0) is 13.6 Å². The summed E-state index contributed by atoms with van der Waals surface area (Å²) in [5.41, 5.74) is 1.08. The second kappa shape index (κ2) is 6.12. The molecule has 0 saturated carbocycles. The number of nitrogens with zero attached hydrogens (tertiary/aromatic N) is 5. The van der Waals surface area contributed by atoms with Crippen LogP contribution in [0.4, 0.5) is 0 Å². The van der Waals surface area contributed by atoms with Crippen LogP contribution in [0, 0.1) is 6.92 Å². The van der Waals surface area contributed by atoms with Gasteiger partial charge in [-0.25, -0.2) is 9.97 Å². The molecule has 2 aromatic rings. The molecule has 6 nitrogen and oxygen atoms in total. The van der Waals surface area contributed by atoms with Gasteiger partial charge < -0.3 is 9.88 Å². The van der Waals surface area contributed by atoms with Gasteiger partial charge >= 0.3 is 0 Å².